The van der Waals surface area contributed by atoms with Crippen molar-refractivity contribution in [1.82, 2.24) is 0 Å². The molecule has 0 spiro atoms. The van der Waals surface area contributed by atoms with Crippen LogP contribution in [0.15, 0.2) is 11.6 Å². The molecule has 0 saturated heterocycles. The molecule has 0 aromatic heterocycles. The molecular weight excluding hydrogens is 248 g/mol. The fourth-order valence-corrected chi connectivity index (χ4v) is 2.91. The van der Waals surface area contributed by atoms with E-state index in [-0.39, 0.29) is 11.9 Å². The summed E-state index contributed by atoms with van der Waals surface area (Å²) in [5.41, 5.74) is 1.31. The Hall–Kier alpha value is -0.790. The van der Waals surface area contributed by atoms with E-state index in [1.807, 2.05) is 13.8 Å². The summed E-state index contributed by atoms with van der Waals surface area (Å²) in [6.45, 7) is 4.36. The molecule has 2 nitrogen and oxygen atoms in total. The van der Waals surface area contributed by atoms with Crippen LogP contribution in [-0.2, 0) is 9.53 Å². The minimum Gasteiger partial charge on any atom is -0.466 e. The number of carbonyl (C=O) groups excluding carboxylic acids is 1. The third-order valence-electron chi connectivity index (χ3n) is 4.27. The van der Waals surface area contributed by atoms with Crippen LogP contribution in [0.25, 0.3) is 0 Å². The second kappa shape index (κ2) is 10.9. The lowest BCUT2D eigenvalue weighted by atomic mass is 9.94. The molecule has 0 radical (unpaired) electrons. The zero-order valence-corrected chi connectivity index (χ0v) is 13.5. The van der Waals surface area contributed by atoms with Gasteiger partial charge >= 0.3 is 5.97 Å². The van der Waals surface area contributed by atoms with E-state index in [0.717, 1.165) is 12.8 Å². The van der Waals surface area contributed by atoms with Crippen molar-refractivity contribution in [3.05, 3.63) is 11.6 Å². The van der Waals surface area contributed by atoms with Gasteiger partial charge in [-0.15, -0.1) is 0 Å². The maximum atomic E-state index is 11.9. The molecule has 0 aromatic rings. The van der Waals surface area contributed by atoms with E-state index in [2.05, 4.69) is 6.08 Å². The third kappa shape index (κ3) is 7.12. The first-order chi connectivity index (χ1) is 9.75. The minimum absolute atomic E-state index is 0.0527. The van der Waals surface area contributed by atoms with E-state index < -0.39 is 0 Å². The Morgan fingerprint density at radius 1 is 1.05 bits per heavy atom. The molecule has 0 heterocycles. The van der Waals surface area contributed by atoms with E-state index in [9.17, 15) is 4.79 Å². The van der Waals surface area contributed by atoms with Gasteiger partial charge in [-0.3, -0.25) is 4.79 Å². The van der Waals surface area contributed by atoms with Gasteiger partial charge in [0.05, 0.1) is 12.5 Å². The topological polar surface area (TPSA) is 26.3 Å². The van der Waals surface area contributed by atoms with Crippen LogP contribution >= 0.6 is 0 Å². The van der Waals surface area contributed by atoms with Gasteiger partial charge in [-0.2, -0.15) is 0 Å². The van der Waals surface area contributed by atoms with Gasteiger partial charge in [0.2, 0.25) is 0 Å². The van der Waals surface area contributed by atoms with Crippen LogP contribution in [0.3, 0.4) is 0 Å². The molecule has 0 amide bonds. The monoisotopic (exact) mass is 280 g/mol. The summed E-state index contributed by atoms with van der Waals surface area (Å²) in [7, 11) is 0. The average Bonchev–Trinajstić information content (AvgIpc) is 2.47. The molecule has 1 unspecified atom stereocenters. The number of hydrogen-bond acceptors (Lipinski definition) is 2. The molecule has 0 saturated carbocycles. The summed E-state index contributed by atoms with van der Waals surface area (Å²) in [6, 6.07) is 0. The number of esters is 1. The Bertz CT molecular complexity index is 294. The summed E-state index contributed by atoms with van der Waals surface area (Å²) in [6.07, 6.45) is 16.5. The highest BCUT2D eigenvalue weighted by Crippen LogP contribution is 2.22. The van der Waals surface area contributed by atoms with Crippen molar-refractivity contribution < 1.29 is 9.53 Å². The standard InChI is InChI=1S/C18H32O2/c1-3-20-18(19)16(2)17-14-12-10-8-6-4-5-7-9-11-13-15-17/h14,16H,3-13,15H2,1-2H3/b17-14-. The van der Waals surface area contributed by atoms with Gasteiger partial charge in [0.25, 0.3) is 0 Å². The molecular formula is C18H32O2. The first kappa shape index (κ1) is 17.3. The summed E-state index contributed by atoms with van der Waals surface area (Å²) in [5.74, 6) is -0.108. The summed E-state index contributed by atoms with van der Waals surface area (Å²) in [5, 5.41) is 0. The van der Waals surface area contributed by atoms with Crippen LogP contribution in [-0.4, -0.2) is 12.6 Å². The molecule has 1 aliphatic carbocycles. The van der Waals surface area contributed by atoms with Gasteiger partial charge in [-0.05, 0) is 39.5 Å². The van der Waals surface area contributed by atoms with Gasteiger partial charge in [-0.25, -0.2) is 0 Å². The van der Waals surface area contributed by atoms with E-state index in [1.165, 1.54) is 63.4 Å². The molecule has 0 aromatic carbocycles. The molecule has 0 N–H and O–H groups in total. The second-order valence-corrected chi connectivity index (χ2v) is 5.97. The number of carbonyl (C=O) groups is 1. The zero-order valence-electron chi connectivity index (χ0n) is 13.5. The van der Waals surface area contributed by atoms with Crippen molar-refractivity contribution in [2.75, 3.05) is 6.61 Å². The maximum Gasteiger partial charge on any atom is 0.312 e. The van der Waals surface area contributed by atoms with Gasteiger partial charge in [0.1, 0.15) is 0 Å². The summed E-state index contributed by atoms with van der Waals surface area (Å²) >= 11 is 0. The Balaban J connectivity index is 2.54. The van der Waals surface area contributed by atoms with Gasteiger partial charge in [0, 0.05) is 0 Å². The molecule has 0 fully saturated rings. The van der Waals surface area contributed by atoms with Crippen molar-refractivity contribution >= 4 is 5.97 Å². The van der Waals surface area contributed by atoms with E-state index in [1.54, 1.807) is 0 Å². The predicted molar refractivity (Wildman–Crippen MR) is 84.7 cm³/mol. The van der Waals surface area contributed by atoms with E-state index >= 15 is 0 Å². The number of hydrogen-bond donors (Lipinski definition) is 0. The van der Waals surface area contributed by atoms with E-state index in [0.29, 0.717) is 6.61 Å². The SMILES string of the molecule is CCOC(=O)C(C)/C1=C\CCCCCCCCCCC1. The van der Waals surface area contributed by atoms with Gasteiger partial charge < -0.3 is 4.74 Å². The molecule has 2 heteroatoms. The first-order valence-corrected chi connectivity index (χ1v) is 8.61. The van der Waals surface area contributed by atoms with E-state index in [4.69, 9.17) is 4.74 Å². The predicted octanol–water partition coefficient (Wildman–Crippen LogP) is 5.42. The fraction of sp³-hybridized carbons (Fsp3) is 0.833. The molecule has 0 bridgehead atoms. The summed E-state index contributed by atoms with van der Waals surface area (Å²) < 4.78 is 5.17. The number of allylic oxidation sites excluding steroid dienone is 1. The smallest absolute Gasteiger partial charge is 0.312 e. The molecule has 1 atom stereocenters. The number of ether oxygens (including phenoxy) is 1. The van der Waals surface area contributed by atoms with Crippen molar-refractivity contribution in [2.24, 2.45) is 5.92 Å². The van der Waals surface area contributed by atoms with Crippen LogP contribution in [0.1, 0.15) is 84.5 Å². The highest BCUT2D eigenvalue weighted by atomic mass is 16.5. The molecule has 1 rings (SSSR count). The Morgan fingerprint density at radius 2 is 1.60 bits per heavy atom. The lowest BCUT2D eigenvalue weighted by Gasteiger charge is -2.15. The van der Waals surface area contributed by atoms with Gasteiger partial charge in [0.15, 0.2) is 0 Å². The Labute approximate surface area is 125 Å². The van der Waals surface area contributed by atoms with Crippen LogP contribution in [0.5, 0.6) is 0 Å². The lowest BCUT2D eigenvalue weighted by Crippen LogP contribution is -2.17. The van der Waals surface area contributed by atoms with Crippen molar-refractivity contribution in [3.8, 4) is 0 Å². The van der Waals surface area contributed by atoms with Crippen molar-refractivity contribution in [3.63, 3.8) is 0 Å². The van der Waals surface area contributed by atoms with Crippen LogP contribution in [0.2, 0.25) is 0 Å². The second-order valence-electron chi connectivity index (χ2n) is 5.97. The average molecular weight is 280 g/mol. The fourth-order valence-electron chi connectivity index (χ4n) is 2.91. The lowest BCUT2D eigenvalue weighted by molar-refractivity contribution is -0.146. The molecule has 0 aliphatic heterocycles. The van der Waals surface area contributed by atoms with Crippen LogP contribution in [0, 0.1) is 5.92 Å². The minimum atomic E-state index is -0.0555. The van der Waals surface area contributed by atoms with Crippen LogP contribution in [0.4, 0.5) is 0 Å². The highest BCUT2D eigenvalue weighted by Gasteiger charge is 2.18. The maximum absolute atomic E-state index is 11.9. The molecule has 20 heavy (non-hydrogen) atoms. The first-order valence-electron chi connectivity index (χ1n) is 8.61. The molecule has 116 valence electrons. The third-order valence-corrected chi connectivity index (χ3v) is 4.27. The Kier molecular flexibility index (Phi) is 9.44. The number of rotatable bonds is 3. The van der Waals surface area contributed by atoms with Crippen molar-refractivity contribution in [1.29, 1.82) is 0 Å². The van der Waals surface area contributed by atoms with Crippen molar-refractivity contribution in [2.45, 2.75) is 84.5 Å². The highest BCUT2D eigenvalue weighted by molar-refractivity contribution is 5.75. The summed E-state index contributed by atoms with van der Waals surface area (Å²) in [4.78, 5) is 11.9. The molecule has 1 aliphatic rings. The zero-order chi connectivity index (χ0) is 14.6. The normalized spacial score (nSPS) is 23.4. The Morgan fingerprint density at radius 3 is 2.20 bits per heavy atom. The quantitative estimate of drug-likeness (QED) is 0.510. The largest absolute Gasteiger partial charge is 0.466 e. The van der Waals surface area contributed by atoms with Crippen LogP contribution < -0.4 is 0 Å². The van der Waals surface area contributed by atoms with Gasteiger partial charge in [-0.1, -0.05) is 56.6 Å².